The maximum absolute atomic E-state index is 11.8. The second-order valence-corrected chi connectivity index (χ2v) is 10.1. The SMILES string of the molecule is CNC(=O)CN(C)C1CCC(c2ccc3[nH]c(-c4cc(OC)c5ncnn5c4)c(C(C)C)c3n2)CC1. The minimum absolute atomic E-state index is 0.0665. The van der Waals surface area contributed by atoms with Crippen molar-refractivity contribution in [3.8, 4) is 17.0 Å². The van der Waals surface area contributed by atoms with Gasteiger partial charge in [0.15, 0.2) is 11.4 Å². The number of pyridine rings is 2. The number of likely N-dealkylation sites (N-methyl/N-ethyl adjacent to an activating group) is 2. The third-order valence-electron chi connectivity index (χ3n) is 7.54. The summed E-state index contributed by atoms with van der Waals surface area (Å²) >= 11 is 0. The molecule has 4 aromatic heterocycles. The summed E-state index contributed by atoms with van der Waals surface area (Å²) in [6.45, 7) is 4.86. The van der Waals surface area contributed by atoms with E-state index >= 15 is 0 Å². The number of rotatable bonds is 7. The lowest BCUT2D eigenvalue weighted by Gasteiger charge is -2.34. The third-order valence-corrected chi connectivity index (χ3v) is 7.54. The first-order valence-corrected chi connectivity index (χ1v) is 12.7. The van der Waals surface area contributed by atoms with Crippen LogP contribution in [0, 0.1) is 0 Å². The predicted molar refractivity (Wildman–Crippen MR) is 140 cm³/mol. The molecule has 0 bridgehead atoms. The number of hydrogen-bond donors (Lipinski definition) is 2. The van der Waals surface area contributed by atoms with Crippen molar-refractivity contribution in [2.75, 3.05) is 27.7 Å². The summed E-state index contributed by atoms with van der Waals surface area (Å²) in [5, 5.41) is 7.05. The van der Waals surface area contributed by atoms with Crippen LogP contribution in [-0.4, -0.2) is 69.2 Å². The van der Waals surface area contributed by atoms with Crippen molar-refractivity contribution in [2.24, 2.45) is 0 Å². The van der Waals surface area contributed by atoms with Crippen molar-refractivity contribution in [3.05, 3.63) is 42.0 Å². The molecule has 0 spiro atoms. The summed E-state index contributed by atoms with van der Waals surface area (Å²) in [5.41, 5.74) is 7.16. The molecule has 1 fully saturated rings. The van der Waals surface area contributed by atoms with Crippen molar-refractivity contribution < 1.29 is 9.53 Å². The Morgan fingerprint density at radius 1 is 1.28 bits per heavy atom. The van der Waals surface area contributed by atoms with E-state index in [1.807, 2.05) is 19.3 Å². The number of fused-ring (bicyclic) bond motifs is 2. The molecular formula is C27H35N7O2. The fourth-order valence-corrected chi connectivity index (χ4v) is 5.55. The Morgan fingerprint density at radius 3 is 2.75 bits per heavy atom. The van der Waals surface area contributed by atoms with Crippen molar-refractivity contribution in [2.45, 2.75) is 57.4 Å². The Kier molecular flexibility index (Phi) is 6.66. The quantitative estimate of drug-likeness (QED) is 0.405. The minimum atomic E-state index is 0.0665. The number of carbonyl (C=O) groups is 1. The predicted octanol–water partition coefficient (Wildman–Crippen LogP) is 4.11. The first-order chi connectivity index (χ1) is 17.4. The van der Waals surface area contributed by atoms with E-state index in [9.17, 15) is 4.79 Å². The molecule has 0 atom stereocenters. The maximum atomic E-state index is 11.8. The number of H-pyrrole nitrogens is 1. The lowest BCUT2D eigenvalue weighted by molar-refractivity contribution is -0.122. The van der Waals surface area contributed by atoms with Gasteiger partial charge in [0, 0.05) is 42.0 Å². The van der Waals surface area contributed by atoms with Crippen molar-refractivity contribution in [1.29, 1.82) is 0 Å². The average Bonchev–Trinajstić information content (AvgIpc) is 3.52. The molecule has 1 aliphatic rings. The highest BCUT2D eigenvalue weighted by Gasteiger charge is 2.27. The molecule has 0 aliphatic heterocycles. The Balaban J connectivity index is 1.44. The minimum Gasteiger partial charge on any atom is -0.493 e. The molecule has 190 valence electrons. The smallest absolute Gasteiger partial charge is 0.233 e. The van der Waals surface area contributed by atoms with Crippen LogP contribution in [0.25, 0.3) is 27.9 Å². The fourth-order valence-electron chi connectivity index (χ4n) is 5.55. The van der Waals surface area contributed by atoms with Crippen molar-refractivity contribution in [3.63, 3.8) is 0 Å². The summed E-state index contributed by atoms with van der Waals surface area (Å²) < 4.78 is 7.35. The zero-order chi connectivity index (χ0) is 25.4. The van der Waals surface area contributed by atoms with Gasteiger partial charge in [0.05, 0.1) is 30.4 Å². The lowest BCUT2D eigenvalue weighted by Crippen LogP contribution is -2.41. The number of methoxy groups -OCH3 is 1. The average molecular weight is 490 g/mol. The Hall–Kier alpha value is -3.46. The van der Waals surface area contributed by atoms with Crippen LogP contribution in [0.2, 0.25) is 0 Å². The molecule has 1 amide bonds. The van der Waals surface area contributed by atoms with E-state index in [1.165, 1.54) is 11.9 Å². The number of aromatic amines is 1. The molecule has 0 unspecified atom stereocenters. The summed E-state index contributed by atoms with van der Waals surface area (Å²) in [4.78, 5) is 27.1. The second-order valence-electron chi connectivity index (χ2n) is 10.1. The Morgan fingerprint density at radius 2 is 2.06 bits per heavy atom. The van der Waals surface area contributed by atoms with Gasteiger partial charge in [-0.05, 0) is 56.8 Å². The van der Waals surface area contributed by atoms with E-state index in [-0.39, 0.29) is 11.8 Å². The molecule has 9 nitrogen and oxygen atoms in total. The number of nitrogens with one attached hydrogen (secondary N) is 2. The van der Waals surface area contributed by atoms with Crippen molar-refractivity contribution in [1.82, 2.24) is 34.8 Å². The van der Waals surface area contributed by atoms with Gasteiger partial charge in [-0.2, -0.15) is 5.10 Å². The normalized spacial score (nSPS) is 18.4. The van der Waals surface area contributed by atoms with Crippen LogP contribution < -0.4 is 10.1 Å². The molecule has 1 aliphatic carbocycles. The van der Waals surface area contributed by atoms with Gasteiger partial charge in [0.25, 0.3) is 0 Å². The van der Waals surface area contributed by atoms with Gasteiger partial charge in [-0.15, -0.1) is 0 Å². The van der Waals surface area contributed by atoms with E-state index in [0.717, 1.165) is 53.7 Å². The Labute approximate surface area is 211 Å². The number of ether oxygens (including phenoxy) is 1. The molecular weight excluding hydrogens is 454 g/mol. The molecule has 36 heavy (non-hydrogen) atoms. The van der Waals surface area contributed by atoms with Gasteiger partial charge in [0.2, 0.25) is 5.91 Å². The number of amides is 1. The lowest BCUT2D eigenvalue weighted by atomic mass is 9.83. The van der Waals surface area contributed by atoms with Gasteiger partial charge < -0.3 is 15.0 Å². The van der Waals surface area contributed by atoms with E-state index in [4.69, 9.17) is 9.72 Å². The second kappa shape index (κ2) is 9.89. The maximum Gasteiger partial charge on any atom is 0.233 e. The fraction of sp³-hybridized carbons (Fsp3) is 0.481. The van der Waals surface area contributed by atoms with Gasteiger partial charge in [-0.25, -0.2) is 9.50 Å². The molecule has 2 N–H and O–H groups in total. The van der Waals surface area contributed by atoms with Gasteiger partial charge in [0.1, 0.15) is 6.33 Å². The number of hydrogen-bond acceptors (Lipinski definition) is 6. The number of aromatic nitrogens is 5. The molecule has 0 saturated heterocycles. The van der Waals surface area contributed by atoms with Crippen LogP contribution in [0.15, 0.2) is 30.7 Å². The number of nitrogens with zero attached hydrogens (tertiary/aromatic N) is 5. The highest BCUT2D eigenvalue weighted by molar-refractivity contribution is 5.89. The first kappa shape index (κ1) is 24.2. The van der Waals surface area contributed by atoms with Crippen LogP contribution in [0.5, 0.6) is 5.75 Å². The summed E-state index contributed by atoms with van der Waals surface area (Å²) in [5.74, 6) is 1.47. The zero-order valence-electron chi connectivity index (χ0n) is 21.7. The summed E-state index contributed by atoms with van der Waals surface area (Å²) in [7, 11) is 5.39. The van der Waals surface area contributed by atoms with Crippen LogP contribution in [0.4, 0.5) is 0 Å². The van der Waals surface area contributed by atoms with Gasteiger partial charge >= 0.3 is 0 Å². The Bertz CT molecular complexity index is 1380. The summed E-state index contributed by atoms with van der Waals surface area (Å²) in [6.07, 6.45) is 7.83. The van der Waals surface area contributed by atoms with Crippen LogP contribution in [0.1, 0.15) is 62.6 Å². The molecule has 9 heteroatoms. The summed E-state index contributed by atoms with van der Waals surface area (Å²) in [6, 6.07) is 6.79. The highest BCUT2D eigenvalue weighted by atomic mass is 16.5. The van der Waals surface area contributed by atoms with Crippen LogP contribution >= 0.6 is 0 Å². The largest absolute Gasteiger partial charge is 0.493 e. The molecule has 4 aromatic rings. The van der Waals surface area contributed by atoms with E-state index in [2.05, 4.69) is 51.3 Å². The standard InChI is InChI=1S/C27H35N7O2/c1-16(2)24-25(18-12-22(36-5)27-29-15-30-34(27)13-18)32-21-11-10-20(31-26(21)24)17-6-8-19(9-7-17)33(4)14-23(35)28-3/h10-13,15-17,19,32H,6-9,14H2,1-5H3,(H,28,35). The first-order valence-electron chi connectivity index (χ1n) is 12.7. The van der Waals surface area contributed by atoms with E-state index < -0.39 is 0 Å². The molecule has 0 aromatic carbocycles. The zero-order valence-corrected chi connectivity index (χ0v) is 21.7. The van der Waals surface area contributed by atoms with Gasteiger partial charge in [-0.3, -0.25) is 14.7 Å². The molecule has 1 saturated carbocycles. The van der Waals surface area contributed by atoms with Crippen molar-refractivity contribution >= 4 is 22.6 Å². The van der Waals surface area contributed by atoms with E-state index in [1.54, 1.807) is 18.7 Å². The molecule has 5 rings (SSSR count). The van der Waals surface area contributed by atoms with Crippen LogP contribution in [0.3, 0.4) is 0 Å². The third kappa shape index (κ3) is 4.43. The monoisotopic (exact) mass is 489 g/mol. The van der Waals surface area contributed by atoms with Gasteiger partial charge in [-0.1, -0.05) is 13.8 Å². The van der Waals surface area contributed by atoms with Crippen LogP contribution in [-0.2, 0) is 4.79 Å². The topological polar surface area (TPSA) is 100 Å². The molecule has 0 radical (unpaired) electrons. The number of carbonyl (C=O) groups excluding carboxylic acids is 1. The van der Waals surface area contributed by atoms with E-state index in [0.29, 0.717) is 29.9 Å². The highest BCUT2D eigenvalue weighted by Crippen LogP contribution is 2.39. The molecule has 4 heterocycles.